The highest BCUT2D eigenvalue weighted by atomic mass is 32.1. The second kappa shape index (κ2) is 7.28. The Labute approximate surface area is 122 Å². The molecule has 1 fully saturated rings. The molecule has 1 aliphatic carbocycles. The minimum Gasteiger partial charge on any atom is -0.479 e. The van der Waals surface area contributed by atoms with Crippen LogP contribution in [0.25, 0.3) is 0 Å². The Hall–Kier alpha value is -1.56. The summed E-state index contributed by atoms with van der Waals surface area (Å²) in [5, 5.41) is 16.5. The number of hydrogen-bond donors (Lipinski definition) is 3. The minimum absolute atomic E-state index is 0.162. The lowest BCUT2D eigenvalue weighted by Crippen LogP contribution is -2.45. The van der Waals surface area contributed by atoms with Crippen LogP contribution in [0.15, 0.2) is 17.5 Å². The van der Waals surface area contributed by atoms with E-state index in [1.54, 1.807) is 17.5 Å². The Morgan fingerprint density at radius 2 is 1.95 bits per heavy atom. The molecule has 1 atom stereocenters. The van der Waals surface area contributed by atoms with Gasteiger partial charge >= 0.3 is 12.0 Å². The van der Waals surface area contributed by atoms with Crippen LogP contribution in [0.2, 0.25) is 0 Å². The summed E-state index contributed by atoms with van der Waals surface area (Å²) < 4.78 is 0. The molecular weight excluding hydrogens is 276 g/mol. The number of carboxylic acid groups (broad SMARTS) is 1. The van der Waals surface area contributed by atoms with Crippen LogP contribution >= 0.6 is 11.3 Å². The molecule has 2 rings (SSSR count). The molecule has 1 saturated carbocycles. The summed E-state index contributed by atoms with van der Waals surface area (Å²) >= 11 is 1.33. The number of urea groups is 1. The zero-order valence-corrected chi connectivity index (χ0v) is 12.1. The number of rotatable bonds is 4. The van der Waals surface area contributed by atoms with Crippen molar-refractivity contribution in [2.75, 3.05) is 0 Å². The van der Waals surface area contributed by atoms with Gasteiger partial charge in [-0.1, -0.05) is 31.7 Å². The first-order valence-electron chi connectivity index (χ1n) is 7.00. The lowest BCUT2D eigenvalue weighted by molar-refractivity contribution is -0.139. The highest BCUT2D eigenvalue weighted by molar-refractivity contribution is 7.10. The fraction of sp³-hybridized carbons (Fsp3) is 0.571. The third kappa shape index (κ3) is 4.23. The molecular formula is C14H20N2O3S. The average Bonchev–Trinajstić information content (AvgIpc) is 2.81. The molecule has 0 spiro atoms. The maximum Gasteiger partial charge on any atom is 0.331 e. The van der Waals surface area contributed by atoms with E-state index < -0.39 is 18.0 Å². The summed E-state index contributed by atoms with van der Waals surface area (Å²) in [7, 11) is 0. The molecule has 0 aliphatic heterocycles. The SMILES string of the molecule is O=C(NC1CCCCCC1)NC(C(=O)O)c1cccs1. The molecule has 2 amide bonds. The predicted octanol–water partition coefficient (Wildman–Crippen LogP) is 2.90. The van der Waals surface area contributed by atoms with Crippen molar-refractivity contribution in [1.29, 1.82) is 0 Å². The average molecular weight is 296 g/mol. The number of carboxylic acids is 1. The summed E-state index contributed by atoms with van der Waals surface area (Å²) in [5.41, 5.74) is 0. The fourth-order valence-electron chi connectivity index (χ4n) is 2.49. The molecule has 1 aromatic rings. The maximum absolute atomic E-state index is 12.0. The molecule has 110 valence electrons. The van der Waals surface area contributed by atoms with Crippen LogP contribution < -0.4 is 10.6 Å². The van der Waals surface area contributed by atoms with E-state index in [0.29, 0.717) is 4.88 Å². The molecule has 0 aromatic carbocycles. The van der Waals surface area contributed by atoms with Crippen molar-refractivity contribution in [2.24, 2.45) is 0 Å². The van der Waals surface area contributed by atoms with Crippen molar-refractivity contribution in [3.05, 3.63) is 22.4 Å². The van der Waals surface area contributed by atoms with E-state index in [2.05, 4.69) is 10.6 Å². The first-order valence-corrected chi connectivity index (χ1v) is 7.88. The third-order valence-electron chi connectivity index (χ3n) is 3.54. The van der Waals surface area contributed by atoms with Crippen LogP contribution in [0.3, 0.4) is 0 Å². The van der Waals surface area contributed by atoms with Gasteiger partial charge < -0.3 is 15.7 Å². The van der Waals surface area contributed by atoms with Crippen LogP contribution in [0, 0.1) is 0 Å². The van der Waals surface area contributed by atoms with Crippen LogP contribution in [0.4, 0.5) is 4.79 Å². The van der Waals surface area contributed by atoms with Gasteiger partial charge in [-0.25, -0.2) is 9.59 Å². The van der Waals surface area contributed by atoms with Crippen LogP contribution in [-0.2, 0) is 4.79 Å². The zero-order valence-electron chi connectivity index (χ0n) is 11.3. The number of carbonyl (C=O) groups excluding carboxylic acids is 1. The van der Waals surface area contributed by atoms with Gasteiger partial charge in [-0.2, -0.15) is 0 Å². The number of carbonyl (C=O) groups is 2. The topological polar surface area (TPSA) is 78.4 Å². The van der Waals surface area contributed by atoms with Gasteiger partial charge in [0.15, 0.2) is 6.04 Å². The first-order chi connectivity index (χ1) is 9.66. The van der Waals surface area contributed by atoms with E-state index in [-0.39, 0.29) is 6.04 Å². The Kier molecular flexibility index (Phi) is 5.40. The molecule has 1 heterocycles. The van der Waals surface area contributed by atoms with Gasteiger partial charge in [0.05, 0.1) is 0 Å². The van der Waals surface area contributed by atoms with Gasteiger partial charge in [0, 0.05) is 10.9 Å². The molecule has 1 aliphatic rings. The predicted molar refractivity (Wildman–Crippen MR) is 77.9 cm³/mol. The smallest absolute Gasteiger partial charge is 0.331 e. The molecule has 3 N–H and O–H groups in total. The van der Waals surface area contributed by atoms with E-state index >= 15 is 0 Å². The van der Waals surface area contributed by atoms with Crippen molar-refractivity contribution < 1.29 is 14.7 Å². The number of hydrogen-bond acceptors (Lipinski definition) is 3. The van der Waals surface area contributed by atoms with E-state index in [4.69, 9.17) is 0 Å². The quantitative estimate of drug-likeness (QED) is 0.748. The summed E-state index contributed by atoms with van der Waals surface area (Å²) in [5.74, 6) is -1.04. The molecule has 0 radical (unpaired) electrons. The Morgan fingerprint density at radius 1 is 1.25 bits per heavy atom. The number of thiophene rings is 1. The van der Waals surface area contributed by atoms with Gasteiger partial charge in [-0.15, -0.1) is 11.3 Å². The maximum atomic E-state index is 12.0. The normalized spacial score (nSPS) is 18.0. The number of aliphatic carboxylic acids is 1. The molecule has 6 heteroatoms. The van der Waals surface area contributed by atoms with Gasteiger partial charge in [-0.05, 0) is 24.3 Å². The fourth-order valence-corrected chi connectivity index (χ4v) is 3.26. The minimum atomic E-state index is -1.04. The molecule has 1 aromatic heterocycles. The molecule has 20 heavy (non-hydrogen) atoms. The van der Waals surface area contributed by atoms with Crippen LogP contribution in [0.1, 0.15) is 49.4 Å². The van der Waals surface area contributed by atoms with Crippen molar-refractivity contribution in [3.8, 4) is 0 Å². The van der Waals surface area contributed by atoms with Crippen LogP contribution in [-0.4, -0.2) is 23.1 Å². The summed E-state index contributed by atoms with van der Waals surface area (Å²) in [4.78, 5) is 23.8. The lowest BCUT2D eigenvalue weighted by Gasteiger charge is -2.19. The summed E-state index contributed by atoms with van der Waals surface area (Å²) in [6.45, 7) is 0. The monoisotopic (exact) mass is 296 g/mol. The van der Waals surface area contributed by atoms with Gasteiger partial charge in [0.1, 0.15) is 0 Å². The molecule has 0 saturated heterocycles. The Balaban J connectivity index is 1.90. The second-order valence-corrected chi connectivity index (χ2v) is 6.07. The highest BCUT2D eigenvalue weighted by Gasteiger charge is 2.24. The highest BCUT2D eigenvalue weighted by Crippen LogP contribution is 2.20. The summed E-state index contributed by atoms with van der Waals surface area (Å²) in [6, 6.07) is 2.30. The lowest BCUT2D eigenvalue weighted by atomic mass is 10.1. The molecule has 0 bridgehead atoms. The Morgan fingerprint density at radius 3 is 2.50 bits per heavy atom. The van der Waals surface area contributed by atoms with Crippen molar-refractivity contribution in [1.82, 2.24) is 10.6 Å². The van der Waals surface area contributed by atoms with E-state index in [1.165, 1.54) is 24.2 Å². The third-order valence-corrected chi connectivity index (χ3v) is 4.48. The number of amides is 2. The van der Waals surface area contributed by atoms with Crippen molar-refractivity contribution in [3.63, 3.8) is 0 Å². The van der Waals surface area contributed by atoms with E-state index in [9.17, 15) is 14.7 Å². The second-order valence-electron chi connectivity index (χ2n) is 5.09. The number of nitrogens with one attached hydrogen (secondary N) is 2. The Bertz CT molecular complexity index is 439. The molecule has 1 unspecified atom stereocenters. The summed E-state index contributed by atoms with van der Waals surface area (Å²) in [6.07, 6.45) is 6.63. The largest absolute Gasteiger partial charge is 0.479 e. The zero-order chi connectivity index (χ0) is 14.4. The van der Waals surface area contributed by atoms with Gasteiger partial charge in [0.2, 0.25) is 0 Å². The standard InChI is InChI=1S/C14H20N2O3S/c17-13(18)12(11-8-5-9-20-11)16-14(19)15-10-6-3-1-2-4-7-10/h5,8-10,12H,1-4,6-7H2,(H,17,18)(H2,15,16,19). The van der Waals surface area contributed by atoms with Gasteiger partial charge in [0.25, 0.3) is 0 Å². The van der Waals surface area contributed by atoms with E-state index in [1.807, 2.05) is 0 Å². The van der Waals surface area contributed by atoms with E-state index in [0.717, 1.165) is 25.7 Å². The van der Waals surface area contributed by atoms with Crippen LogP contribution in [0.5, 0.6) is 0 Å². The van der Waals surface area contributed by atoms with Crippen molar-refractivity contribution in [2.45, 2.75) is 50.6 Å². The van der Waals surface area contributed by atoms with Gasteiger partial charge in [-0.3, -0.25) is 0 Å². The van der Waals surface area contributed by atoms with Crippen molar-refractivity contribution >= 4 is 23.3 Å². The first kappa shape index (κ1) is 14.8. The molecule has 5 nitrogen and oxygen atoms in total.